The summed E-state index contributed by atoms with van der Waals surface area (Å²) in [4.78, 5) is 5.16. The molecule has 3 aromatic heterocycles. The van der Waals surface area contributed by atoms with Gasteiger partial charge in [0, 0.05) is 33.8 Å². The van der Waals surface area contributed by atoms with Crippen molar-refractivity contribution >= 4 is 27.5 Å². The predicted molar refractivity (Wildman–Crippen MR) is 185 cm³/mol. The molecule has 0 saturated heterocycles. The summed E-state index contributed by atoms with van der Waals surface area (Å²) in [5.41, 5.74) is 16.5. The molecule has 5 aromatic carbocycles. The molecule has 0 N–H and O–H groups in total. The van der Waals surface area contributed by atoms with Gasteiger partial charge in [0.25, 0.3) is 0 Å². The number of pyridine rings is 1. The zero-order valence-electron chi connectivity index (χ0n) is 25.5. The third-order valence-corrected chi connectivity index (χ3v) is 8.81. The normalized spacial score (nSPS) is 11.6. The van der Waals surface area contributed by atoms with Crippen LogP contribution in [0.3, 0.4) is 0 Å². The molecule has 0 amide bonds. The Balaban J connectivity index is 1.26. The number of nitrogens with zero attached hydrogens (tertiary/aromatic N) is 3. The number of fused-ring (bicyclic) bond motifs is 4. The largest absolute Gasteiger partial charge is 0.309 e. The van der Waals surface area contributed by atoms with E-state index in [9.17, 15) is 0 Å². The molecular formula is C41H33N3. The first-order valence-corrected chi connectivity index (χ1v) is 15.2. The lowest BCUT2D eigenvalue weighted by molar-refractivity contribution is 1.15. The number of aromatic nitrogens is 3. The van der Waals surface area contributed by atoms with Crippen LogP contribution < -0.4 is 0 Å². The predicted octanol–water partition coefficient (Wildman–Crippen LogP) is 10.7. The van der Waals surface area contributed by atoms with Crippen LogP contribution in [-0.4, -0.2) is 14.0 Å². The molecule has 0 aliphatic heterocycles. The lowest BCUT2D eigenvalue weighted by Gasteiger charge is -2.13. The number of imidazole rings is 1. The van der Waals surface area contributed by atoms with Gasteiger partial charge in [-0.1, -0.05) is 96.1 Å². The molecule has 0 aliphatic carbocycles. The monoisotopic (exact) mass is 567 g/mol. The highest BCUT2D eigenvalue weighted by Crippen LogP contribution is 2.38. The third kappa shape index (κ3) is 4.16. The average Bonchev–Trinajstić information content (AvgIpc) is 3.58. The molecule has 3 heterocycles. The Kier molecular flexibility index (Phi) is 6.02. The molecular weight excluding hydrogens is 534 g/mol. The molecule has 0 spiro atoms. The third-order valence-electron chi connectivity index (χ3n) is 8.81. The Morgan fingerprint density at radius 2 is 1.07 bits per heavy atom. The van der Waals surface area contributed by atoms with Crippen molar-refractivity contribution in [3.63, 3.8) is 0 Å². The maximum Gasteiger partial charge on any atom is 0.138 e. The molecule has 0 fully saturated rings. The van der Waals surface area contributed by atoms with Crippen LogP contribution in [0.2, 0.25) is 0 Å². The van der Waals surface area contributed by atoms with Crippen LogP contribution in [0.5, 0.6) is 0 Å². The Morgan fingerprint density at radius 3 is 1.66 bits per heavy atom. The van der Waals surface area contributed by atoms with Crippen LogP contribution >= 0.6 is 0 Å². The van der Waals surface area contributed by atoms with E-state index >= 15 is 0 Å². The van der Waals surface area contributed by atoms with Gasteiger partial charge in [-0.25, -0.2) is 4.98 Å². The Hall–Kier alpha value is -5.41. The second-order valence-electron chi connectivity index (χ2n) is 12.0. The van der Waals surface area contributed by atoms with Crippen LogP contribution in [0, 0.1) is 27.7 Å². The second-order valence-corrected chi connectivity index (χ2v) is 12.0. The van der Waals surface area contributed by atoms with Crippen LogP contribution in [0.15, 0.2) is 128 Å². The summed E-state index contributed by atoms with van der Waals surface area (Å²) in [6.07, 6.45) is 2.16. The maximum absolute atomic E-state index is 5.16. The first-order valence-electron chi connectivity index (χ1n) is 15.2. The SMILES string of the molecule is Cc1cc(C)c2c(c1)c1cc(C)cc(C)c1n2-c1ccc(-c2ccn3c(-c4ccccc4)c(-c4ccccc4)nc3c2)cc1. The van der Waals surface area contributed by atoms with Crippen molar-refractivity contribution in [1.82, 2.24) is 14.0 Å². The highest BCUT2D eigenvalue weighted by Gasteiger charge is 2.18. The molecule has 3 nitrogen and oxygen atoms in total. The van der Waals surface area contributed by atoms with Gasteiger partial charge in [-0.15, -0.1) is 0 Å². The first kappa shape index (κ1) is 26.2. The van der Waals surface area contributed by atoms with Crippen LogP contribution in [-0.2, 0) is 0 Å². The van der Waals surface area contributed by atoms with Gasteiger partial charge in [0.2, 0.25) is 0 Å². The van der Waals surface area contributed by atoms with E-state index in [4.69, 9.17) is 4.98 Å². The van der Waals surface area contributed by atoms with Crippen molar-refractivity contribution in [3.05, 3.63) is 150 Å². The van der Waals surface area contributed by atoms with Crippen molar-refractivity contribution in [2.24, 2.45) is 0 Å². The van der Waals surface area contributed by atoms with Crippen molar-refractivity contribution < 1.29 is 0 Å². The molecule has 0 aliphatic rings. The summed E-state index contributed by atoms with van der Waals surface area (Å²) in [7, 11) is 0. The first-order chi connectivity index (χ1) is 21.5. The highest BCUT2D eigenvalue weighted by atomic mass is 15.0. The van der Waals surface area contributed by atoms with E-state index in [1.54, 1.807) is 0 Å². The molecule has 0 radical (unpaired) electrons. The Morgan fingerprint density at radius 1 is 0.500 bits per heavy atom. The standard InChI is InChI=1S/C41H33N3/c1-26-21-28(3)39-35(23-26)36-24-27(2)22-29(4)40(36)44(39)34-17-15-30(16-18-34)33-19-20-43-37(25-33)42-38(31-11-7-5-8-12-31)41(43)32-13-9-6-10-14-32/h5-25H,1-4H3. The van der Waals surface area contributed by atoms with Gasteiger partial charge in [-0.2, -0.15) is 0 Å². The maximum atomic E-state index is 5.16. The quantitative estimate of drug-likeness (QED) is 0.207. The van der Waals surface area contributed by atoms with Gasteiger partial charge in [0.15, 0.2) is 0 Å². The highest BCUT2D eigenvalue weighted by molar-refractivity contribution is 6.11. The minimum absolute atomic E-state index is 0.934. The van der Waals surface area contributed by atoms with Gasteiger partial charge in [0.05, 0.1) is 22.4 Å². The van der Waals surface area contributed by atoms with Crippen molar-refractivity contribution in [2.45, 2.75) is 27.7 Å². The van der Waals surface area contributed by atoms with Crippen LogP contribution in [0.25, 0.3) is 66.8 Å². The van der Waals surface area contributed by atoms with Gasteiger partial charge in [0.1, 0.15) is 5.65 Å². The van der Waals surface area contributed by atoms with Gasteiger partial charge in [-0.05, 0) is 86.3 Å². The minimum atomic E-state index is 0.934. The van der Waals surface area contributed by atoms with E-state index in [2.05, 4.69) is 158 Å². The summed E-state index contributed by atoms with van der Waals surface area (Å²) in [5.74, 6) is 0. The molecule has 0 bridgehead atoms. The summed E-state index contributed by atoms with van der Waals surface area (Å²) in [5, 5.41) is 2.64. The van der Waals surface area contributed by atoms with Gasteiger partial charge in [-0.3, -0.25) is 4.40 Å². The topological polar surface area (TPSA) is 22.2 Å². The van der Waals surface area contributed by atoms with E-state index in [-0.39, 0.29) is 0 Å². The fourth-order valence-electron chi connectivity index (χ4n) is 6.99. The van der Waals surface area contributed by atoms with Gasteiger partial charge < -0.3 is 4.57 Å². The van der Waals surface area contributed by atoms with E-state index in [0.29, 0.717) is 0 Å². The van der Waals surface area contributed by atoms with Crippen LogP contribution in [0.1, 0.15) is 22.3 Å². The Labute approximate surface area is 257 Å². The smallest absolute Gasteiger partial charge is 0.138 e. The number of aryl methyl sites for hydroxylation is 4. The molecule has 0 saturated carbocycles. The zero-order valence-corrected chi connectivity index (χ0v) is 25.5. The molecule has 212 valence electrons. The number of benzene rings is 5. The molecule has 0 unspecified atom stereocenters. The summed E-state index contributed by atoms with van der Waals surface area (Å²) in [6.45, 7) is 8.84. The lowest BCUT2D eigenvalue weighted by atomic mass is 10.0. The molecule has 3 heteroatoms. The van der Waals surface area contributed by atoms with E-state index in [1.807, 2.05) is 6.07 Å². The summed E-state index contributed by atoms with van der Waals surface area (Å²) < 4.78 is 4.66. The molecule has 0 atom stereocenters. The second kappa shape index (κ2) is 10.1. The zero-order chi connectivity index (χ0) is 29.9. The molecule has 8 aromatic rings. The summed E-state index contributed by atoms with van der Waals surface area (Å²) in [6, 6.07) is 43.7. The summed E-state index contributed by atoms with van der Waals surface area (Å²) >= 11 is 0. The fourth-order valence-corrected chi connectivity index (χ4v) is 6.99. The van der Waals surface area contributed by atoms with Gasteiger partial charge >= 0.3 is 0 Å². The van der Waals surface area contributed by atoms with E-state index < -0.39 is 0 Å². The number of rotatable bonds is 4. The molecule has 44 heavy (non-hydrogen) atoms. The van der Waals surface area contributed by atoms with Crippen molar-refractivity contribution in [2.75, 3.05) is 0 Å². The number of hydrogen-bond donors (Lipinski definition) is 0. The minimum Gasteiger partial charge on any atom is -0.309 e. The van der Waals surface area contributed by atoms with Crippen LogP contribution in [0.4, 0.5) is 0 Å². The molecule has 8 rings (SSSR count). The Bertz CT molecular complexity index is 2270. The van der Waals surface area contributed by atoms with E-state index in [1.165, 1.54) is 55.3 Å². The lowest BCUT2D eigenvalue weighted by Crippen LogP contribution is -1.97. The van der Waals surface area contributed by atoms with Crippen molar-refractivity contribution in [3.8, 4) is 39.3 Å². The van der Waals surface area contributed by atoms with E-state index in [0.717, 1.165) is 33.7 Å². The fraction of sp³-hybridized carbons (Fsp3) is 0.0976. The number of hydrogen-bond acceptors (Lipinski definition) is 1. The average molecular weight is 568 g/mol. The van der Waals surface area contributed by atoms with Crippen molar-refractivity contribution in [1.29, 1.82) is 0 Å².